The summed E-state index contributed by atoms with van der Waals surface area (Å²) in [5.74, 6) is -0.415. The van der Waals surface area contributed by atoms with Gasteiger partial charge in [-0.1, -0.05) is 19.1 Å². The minimum absolute atomic E-state index is 0.0335. The van der Waals surface area contributed by atoms with Gasteiger partial charge in [0.2, 0.25) is 10.0 Å². The molecule has 0 aliphatic carbocycles. The molecule has 1 aliphatic heterocycles. The van der Waals surface area contributed by atoms with Gasteiger partial charge in [0.1, 0.15) is 17.4 Å². The first-order valence-corrected chi connectivity index (χ1v) is 12.6. The molecule has 1 fully saturated rings. The van der Waals surface area contributed by atoms with Crippen LogP contribution in [0.25, 0.3) is 0 Å². The highest BCUT2D eigenvalue weighted by Crippen LogP contribution is 2.27. The predicted molar refractivity (Wildman–Crippen MR) is 123 cm³/mol. The molecule has 7 nitrogen and oxygen atoms in total. The number of hydrogen-bond acceptors (Lipinski definition) is 6. The van der Waals surface area contributed by atoms with Crippen LogP contribution in [-0.2, 0) is 21.2 Å². The Labute approximate surface area is 188 Å². The number of carbonyl (C=O) groups is 1. The molecule has 9 heteroatoms. The maximum atomic E-state index is 14.3. The fourth-order valence-corrected chi connectivity index (χ4v) is 4.43. The van der Waals surface area contributed by atoms with Crippen molar-refractivity contribution in [3.63, 3.8) is 0 Å². The summed E-state index contributed by atoms with van der Waals surface area (Å²) in [5.41, 5.74) is 2.23. The van der Waals surface area contributed by atoms with Gasteiger partial charge in [-0.15, -0.1) is 0 Å². The maximum absolute atomic E-state index is 14.3. The van der Waals surface area contributed by atoms with E-state index in [9.17, 15) is 22.7 Å². The molecule has 1 atom stereocenters. The van der Waals surface area contributed by atoms with Gasteiger partial charge < -0.3 is 10.0 Å². The highest BCUT2D eigenvalue weighted by Gasteiger charge is 2.22. The highest BCUT2D eigenvalue weighted by molar-refractivity contribution is 7.92. The molecule has 0 bridgehead atoms. The third-order valence-corrected chi connectivity index (χ3v) is 6.36. The molecule has 2 heterocycles. The van der Waals surface area contributed by atoms with Crippen LogP contribution in [0.4, 0.5) is 15.9 Å². The highest BCUT2D eigenvalue weighted by atomic mass is 32.2. The van der Waals surface area contributed by atoms with E-state index in [1.807, 2.05) is 19.1 Å². The zero-order chi connectivity index (χ0) is 23.5. The van der Waals surface area contributed by atoms with E-state index in [0.29, 0.717) is 24.8 Å². The molecule has 0 radical (unpaired) electrons. The zero-order valence-corrected chi connectivity index (χ0v) is 19.5. The van der Waals surface area contributed by atoms with Crippen LogP contribution in [0.3, 0.4) is 0 Å². The Morgan fingerprint density at radius 1 is 1.28 bits per heavy atom. The summed E-state index contributed by atoms with van der Waals surface area (Å²) < 4.78 is 39.1. The van der Waals surface area contributed by atoms with Gasteiger partial charge in [-0.2, -0.15) is 0 Å². The molecule has 32 heavy (non-hydrogen) atoms. The lowest BCUT2D eigenvalue weighted by atomic mass is 9.92. The number of ketones is 1. The molecule has 174 valence electrons. The molecule has 1 aromatic carbocycles. The van der Waals surface area contributed by atoms with Gasteiger partial charge in [0.25, 0.3) is 0 Å². The lowest BCUT2D eigenvalue weighted by Gasteiger charge is -2.32. The van der Waals surface area contributed by atoms with E-state index in [4.69, 9.17) is 0 Å². The fraction of sp³-hybridized carbons (Fsp3) is 0.478. The fourth-order valence-electron chi connectivity index (χ4n) is 3.86. The van der Waals surface area contributed by atoms with Gasteiger partial charge in [-0.05, 0) is 55.5 Å². The van der Waals surface area contributed by atoms with Crippen molar-refractivity contribution in [1.82, 2.24) is 4.98 Å². The Morgan fingerprint density at radius 2 is 1.97 bits per heavy atom. The number of Topliss-reactive ketones (excluding diaryl/α,β-unsaturated/α-hetero) is 1. The van der Waals surface area contributed by atoms with Crippen LogP contribution in [-0.4, -0.2) is 49.7 Å². The van der Waals surface area contributed by atoms with Gasteiger partial charge >= 0.3 is 0 Å². The number of carbonyl (C=O) groups excluding carboxylic acids is 1. The lowest BCUT2D eigenvalue weighted by Crippen LogP contribution is -2.37. The monoisotopic (exact) mass is 463 g/mol. The molecular weight excluding hydrogens is 433 g/mol. The molecule has 1 saturated heterocycles. The number of sulfonamides is 1. The normalized spacial score (nSPS) is 16.1. The largest absolute Gasteiger partial charge is 0.393 e. The standard InChI is InChI=1S/C23H30FN3O4S/c1-15-4-5-17(23(25-15)27-12-10-19(28)11-13-27)7-9-22(29)16(2)18-6-8-21(20(24)14-18)26-32(3,30)31/h4-6,8,14,16,19,26,28H,7,9-13H2,1-3H3. The number of anilines is 2. The first kappa shape index (κ1) is 24.1. The van der Waals surface area contributed by atoms with Crippen molar-refractivity contribution in [1.29, 1.82) is 0 Å². The molecule has 0 spiro atoms. The Kier molecular flexibility index (Phi) is 7.51. The molecular formula is C23H30FN3O4S. The third kappa shape index (κ3) is 6.26. The van der Waals surface area contributed by atoms with Gasteiger partial charge in [0, 0.05) is 31.1 Å². The summed E-state index contributed by atoms with van der Waals surface area (Å²) >= 11 is 0. The molecule has 1 aliphatic rings. The number of benzene rings is 1. The van der Waals surface area contributed by atoms with Crippen LogP contribution in [0.1, 0.15) is 48.9 Å². The molecule has 1 unspecified atom stereocenters. The summed E-state index contributed by atoms with van der Waals surface area (Å²) in [6.07, 6.45) is 2.86. The minimum atomic E-state index is -3.59. The van der Waals surface area contributed by atoms with Crippen LogP contribution >= 0.6 is 0 Å². The second kappa shape index (κ2) is 9.95. The average Bonchev–Trinajstić information content (AvgIpc) is 2.73. The van der Waals surface area contributed by atoms with Crippen molar-refractivity contribution in [2.75, 3.05) is 29.0 Å². The van der Waals surface area contributed by atoms with E-state index in [1.54, 1.807) is 13.0 Å². The summed E-state index contributed by atoms with van der Waals surface area (Å²) in [6.45, 7) is 5.10. The lowest BCUT2D eigenvalue weighted by molar-refractivity contribution is -0.120. The topological polar surface area (TPSA) is 99.6 Å². The van der Waals surface area contributed by atoms with E-state index < -0.39 is 21.8 Å². The summed E-state index contributed by atoms with van der Waals surface area (Å²) in [7, 11) is -3.59. The van der Waals surface area contributed by atoms with E-state index in [1.165, 1.54) is 12.1 Å². The molecule has 2 aromatic rings. The van der Waals surface area contributed by atoms with Crippen molar-refractivity contribution >= 4 is 27.3 Å². The number of aliphatic hydroxyl groups is 1. The summed E-state index contributed by atoms with van der Waals surface area (Å²) in [6, 6.07) is 8.02. The van der Waals surface area contributed by atoms with Crippen LogP contribution < -0.4 is 9.62 Å². The van der Waals surface area contributed by atoms with Gasteiger partial charge in [-0.25, -0.2) is 17.8 Å². The maximum Gasteiger partial charge on any atom is 0.229 e. The van der Waals surface area contributed by atoms with E-state index in [0.717, 1.165) is 36.4 Å². The number of aliphatic hydroxyl groups excluding tert-OH is 1. The Morgan fingerprint density at radius 3 is 2.59 bits per heavy atom. The van der Waals surface area contributed by atoms with Crippen molar-refractivity contribution in [2.24, 2.45) is 0 Å². The number of aryl methyl sites for hydroxylation is 2. The van der Waals surface area contributed by atoms with Crippen molar-refractivity contribution < 1.29 is 22.7 Å². The van der Waals surface area contributed by atoms with Crippen molar-refractivity contribution in [2.45, 2.75) is 51.6 Å². The quantitative estimate of drug-likeness (QED) is 0.624. The number of piperidine rings is 1. The minimum Gasteiger partial charge on any atom is -0.393 e. The number of rotatable bonds is 8. The molecule has 3 rings (SSSR count). The van der Waals surface area contributed by atoms with E-state index >= 15 is 0 Å². The number of nitrogens with zero attached hydrogens (tertiary/aromatic N) is 2. The average molecular weight is 464 g/mol. The molecule has 0 amide bonds. The third-order valence-electron chi connectivity index (χ3n) is 5.77. The van der Waals surface area contributed by atoms with Crippen molar-refractivity contribution in [3.8, 4) is 0 Å². The predicted octanol–water partition coefficient (Wildman–Crippen LogP) is 3.17. The number of nitrogens with one attached hydrogen (secondary N) is 1. The molecule has 0 saturated carbocycles. The van der Waals surface area contributed by atoms with E-state index in [2.05, 4.69) is 14.6 Å². The number of halogens is 1. The number of hydrogen-bond donors (Lipinski definition) is 2. The first-order chi connectivity index (χ1) is 15.0. The van der Waals surface area contributed by atoms with Gasteiger partial charge in [-0.3, -0.25) is 9.52 Å². The van der Waals surface area contributed by atoms with Crippen molar-refractivity contribution in [3.05, 3.63) is 53.0 Å². The Bertz CT molecular complexity index is 1080. The van der Waals surface area contributed by atoms with Crippen LogP contribution in [0.5, 0.6) is 0 Å². The smallest absolute Gasteiger partial charge is 0.229 e. The van der Waals surface area contributed by atoms with Gasteiger partial charge in [0.15, 0.2) is 0 Å². The van der Waals surface area contributed by atoms with Crippen LogP contribution in [0.15, 0.2) is 30.3 Å². The number of pyridine rings is 1. The zero-order valence-electron chi connectivity index (χ0n) is 18.6. The van der Waals surface area contributed by atoms with Crippen LogP contribution in [0.2, 0.25) is 0 Å². The van der Waals surface area contributed by atoms with E-state index in [-0.39, 0.29) is 24.0 Å². The van der Waals surface area contributed by atoms with Gasteiger partial charge in [0.05, 0.1) is 18.0 Å². The SMILES string of the molecule is Cc1ccc(CCC(=O)C(C)c2ccc(NS(C)(=O)=O)c(F)c2)c(N2CCC(O)CC2)n1. The Balaban J connectivity index is 1.69. The second-order valence-electron chi connectivity index (χ2n) is 8.46. The molecule has 2 N–H and O–H groups in total. The summed E-state index contributed by atoms with van der Waals surface area (Å²) in [4.78, 5) is 19.7. The number of aromatic nitrogens is 1. The summed E-state index contributed by atoms with van der Waals surface area (Å²) in [5, 5.41) is 9.78. The Hall–Kier alpha value is -2.52. The second-order valence-corrected chi connectivity index (χ2v) is 10.2. The first-order valence-electron chi connectivity index (χ1n) is 10.7. The molecule has 1 aromatic heterocycles. The van der Waals surface area contributed by atoms with Crippen LogP contribution in [0, 0.1) is 12.7 Å².